The summed E-state index contributed by atoms with van der Waals surface area (Å²) in [5.41, 5.74) is 0. The molecule has 0 aromatic carbocycles. The molecule has 0 saturated carbocycles. The van der Waals surface area contributed by atoms with Crippen molar-refractivity contribution >= 4 is 6.21 Å². The highest BCUT2D eigenvalue weighted by Gasteiger charge is 2.24. The Morgan fingerprint density at radius 1 is 1.75 bits per heavy atom. The van der Waals surface area contributed by atoms with Crippen LogP contribution >= 0.6 is 0 Å². The summed E-state index contributed by atoms with van der Waals surface area (Å²) in [5.74, 6) is 0. The Morgan fingerprint density at radius 3 is 2.75 bits per heavy atom. The summed E-state index contributed by atoms with van der Waals surface area (Å²) in [6, 6.07) is 0. The summed E-state index contributed by atoms with van der Waals surface area (Å²) in [7, 11) is 0. The molecule has 45 valence electrons. The second kappa shape index (κ2) is 2.07. The van der Waals surface area contributed by atoms with E-state index in [0.29, 0.717) is 0 Å². The minimum absolute atomic E-state index is 0.109. The van der Waals surface area contributed by atoms with Crippen LogP contribution in [0.25, 0.3) is 0 Å². The number of hydrogen-bond acceptors (Lipinski definition) is 2. The van der Waals surface area contributed by atoms with E-state index in [0.717, 1.165) is 0 Å². The fourth-order valence-corrected chi connectivity index (χ4v) is 0.405. The fourth-order valence-electron chi connectivity index (χ4n) is 0.405. The molecule has 0 bridgehead atoms. The van der Waals surface area contributed by atoms with Gasteiger partial charge >= 0.3 is 0 Å². The van der Waals surface area contributed by atoms with Crippen LogP contribution in [0.2, 0.25) is 0 Å². The Hall–Kier alpha value is -0.670. The van der Waals surface area contributed by atoms with Crippen molar-refractivity contribution < 1.29 is 13.6 Å². The monoisotopic (exact) mass is 120 g/mol. The van der Waals surface area contributed by atoms with Crippen LogP contribution in [0.4, 0.5) is 8.78 Å². The fraction of sp³-hybridized carbons (Fsp3) is 0.750. The highest BCUT2D eigenvalue weighted by molar-refractivity contribution is 5.58. The zero-order chi connectivity index (χ0) is 5.98. The summed E-state index contributed by atoms with van der Waals surface area (Å²) in [6.07, 6.45) is -1.10. The first-order valence-corrected chi connectivity index (χ1v) is 2.17. The van der Waals surface area contributed by atoms with E-state index in [4.69, 9.17) is 0 Å². The lowest BCUT2D eigenvalue weighted by molar-refractivity contribution is -0.0363. The molecule has 1 heterocycles. The molecule has 0 aliphatic carbocycles. The van der Waals surface area contributed by atoms with Gasteiger partial charge in [0.2, 0.25) is 0 Å². The van der Waals surface area contributed by atoms with Gasteiger partial charge in [-0.3, -0.25) is 0 Å². The largest absolute Gasteiger partial charge is 0.386 e. The Morgan fingerprint density at radius 2 is 2.50 bits per heavy atom. The first-order chi connectivity index (χ1) is 3.80. The Bertz CT molecular complexity index is 96.2. The van der Waals surface area contributed by atoms with Crippen molar-refractivity contribution in [3.63, 3.8) is 0 Å². The third-order valence-electron chi connectivity index (χ3n) is 0.826. The third-order valence-corrected chi connectivity index (χ3v) is 0.826. The minimum atomic E-state index is -2.44. The van der Waals surface area contributed by atoms with Crippen molar-refractivity contribution in [2.45, 2.75) is 19.0 Å². The topological polar surface area (TPSA) is 21.6 Å². The van der Waals surface area contributed by atoms with E-state index in [2.05, 4.69) is 16.2 Å². The molecule has 1 radical (unpaired) electrons. The van der Waals surface area contributed by atoms with Crippen molar-refractivity contribution in [2.24, 2.45) is 5.16 Å². The van der Waals surface area contributed by atoms with Gasteiger partial charge in [-0.15, -0.1) is 0 Å². The molecular formula is C4H4F2NO. The number of rotatable bonds is 1. The lowest BCUT2D eigenvalue weighted by atomic mass is 10.3. The van der Waals surface area contributed by atoms with Crippen LogP contribution in [0, 0.1) is 0 Å². The molecule has 0 amide bonds. The van der Waals surface area contributed by atoms with Crippen LogP contribution in [-0.4, -0.2) is 18.7 Å². The third kappa shape index (κ3) is 0.936. The van der Waals surface area contributed by atoms with E-state index in [1.54, 1.807) is 0 Å². The van der Waals surface area contributed by atoms with Crippen molar-refractivity contribution in [1.29, 1.82) is 0 Å². The van der Waals surface area contributed by atoms with Gasteiger partial charge in [-0.2, -0.15) is 0 Å². The molecule has 2 nitrogen and oxygen atoms in total. The maximum Gasteiger partial charge on any atom is 0.277 e. The van der Waals surface area contributed by atoms with Gasteiger partial charge in [0.25, 0.3) is 6.43 Å². The average molecular weight is 120 g/mol. The van der Waals surface area contributed by atoms with E-state index < -0.39 is 12.5 Å². The molecule has 1 aliphatic rings. The molecular weight excluding hydrogens is 116 g/mol. The standard InChI is InChI=1S/C4H4F2NO/c5-4(6)3-1-2-7-8-3/h3-4H,1H2. The maximum absolute atomic E-state index is 11.5. The predicted molar refractivity (Wildman–Crippen MR) is 22.9 cm³/mol. The predicted octanol–water partition coefficient (Wildman–Crippen LogP) is 0.903. The number of nitrogens with zero attached hydrogens (tertiary/aromatic N) is 1. The van der Waals surface area contributed by atoms with E-state index in [1.807, 2.05) is 0 Å². The van der Waals surface area contributed by atoms with Crippen LogP contribution in [0.15, 0.2) is 5.16 Å². The summed E-state index contributed by atoms with van der Waals surface area (Å²) >= 11 is 0. The first kappa shape index (κ1) is 5.47. The summed E-state index contributed by atoms with van der Waals surface area (Å²) < 4.78 is 23.0. The molecule has 0 saturated heterocycles. The lowest BCUT2D eigenvalue weighted by Gasteiger charge is -2.03. The van der Waals surface area contributed by atoms with Gasteiger partial charge in [0, 0.05) is 6.42 Å². The van der Waals surface area contributed by atoms with Crippen molar-refractivity contribution in [3.05, 3.63) is 0 Å². The van der Waals surface area contributed by atoms with E-state index in [-0.39, 0.29) is 6.42 Å². The molecule has 0 N–H and O–H groups in total. The van der Waals surface area contributed by atoms with E-state index >= 15 is 0 Å². The van der Waals surface area contributed by atoms with Crippen molar-refractivity contribution in [3.8, 4) is 0 Å². The highest BCUT2D eigenvalue weighted by Crippen LogP contribution is 2.12. The van der Waals surface area contributed by atoms with Gasteiger partial charge in [-0.1, -0.05) is 5.16 Å². The smallest absolute Gasteiger partial charge is 0.277 e. The molecule has 0 aromatic rings. The lowest BCUT2D eigenvalue weighted by Crippen LogP contribution is -2.15. The van der Waals surface area contributed by atoms with Crippen LogP contribution in [0.5, 0.6) is 0 Å². The molecule has 1 unspecified atom stereocenters. The molecule has 1 atom stereocenters. The molecule has 4 heteroatoms. The SMILES string of the molecule is FC(F)C1C[C]=NO1. The van der Waals surface area contributed by atoms with Gasteiger partial charge in [0.1, 0.15) is 6.21 Å². The number of halogens is 2. The summed E-state index contributed by atoms with van der Waals surface area (Å²) in [4.78, 5) is 4.18. The molecule has 1 aliphatic heterocycles. The molecule has 1 rings (SSSR count). The van der Waals surface area contributed by atoms with Gasteiger partial charge in [0.15, 0.2) is 6.10 Å². The van der Waals surface area contributed by atoms with Crippen LogP contribution in [-0.2, 0) is 4.84 Å². The van der Waals surface area contributed by atoms with Crippen molar-refractivity contribution in [1.82, 2.24) is 0 Å². The van der Waals surface area contributed by atoms with Gasteiger partial charge < -0.3 is 4.84 Å². The molecule has 0 aromatic heterocycles. The first-order valence-electron chi connectivity index (χ1n) is 2.17. The van der Waals surface area contributed by atoms with Crippen molar-refractivity contribution in [2.75, 3.05) is 0 Å². The zero-order valence-electron chi connectivity index (χ0n) is 3.97. The second-order valence-corrected chi connectivity index (χ2v) is 1.43. The summed E-state index contributed by atoms with van der Waals surface area (Å²) in [5, 5.41) is 3.06. The minimum Gasteiger partial charge on any atom is -0.386 e. The van der Waals surface area contributed by atoms with Crippen LogP contribution < -0.4 is 0 Å². The van der Waals surface area contributed by atoms with E-state index in [1.165, 1.54) is 0 Å². The average Bonchev–Trinajstić information content (AvgIpc) is 2.12. The van der Waals surface area contributed by atoms with Crippen LogP contribution in [0.3, 0.4) is 0 Å². The number of hydrogen-bond donors (Lipinski definition) is 0. The van der Waals surface area contributed by atoms with Crippen LogP contribution in [0.1, 0.15) is 6.42 Å². The van der Waals surface area contributed by atoms with Gasteiger partial charge in [0.05, 0.1) is 0 Å². The highest BCUT2D eigenvalue weighted by atomic mass is 19.3. The normalized spacial score (nSPS) is 26.6. The maximum atomic E-state index is 11.5. The Kier molecular flexibility index (Phi) is 1.41. The second-order valence-electron chi connectivity index (χ2n) is 1.43. The van der Waals surface area contributed by atoms with E-state index in [9.17, 15) is 8.78 Å². The van der Waals surface area contributed by atoms with Gasteiger partial charge in [-0.25, -0.2) is 8.78 Å². The quantitative estimate of drug-likeness (QED) is 0.503. The molecule has 0 fully saturated rings. The Labute approximate surface area is 45.1 Å². The summed E-state index contributed by atoms with van der Waals surface area (Å²) in [6.45, 7) is 0. The number of alkyl halides is 2. The molecule has 0 spiro atoms. The zero-order valence-corrected chi connectivity index (χ0v) is 3.97. The molecule has 8 heavy (non-hydrogen) atoms. The van der Waals surface area contributed by atoms with Gasteiger partial charge in [-0.05, 0) is 0 Å². The Balaban J connectivity index is 2.29.